The molecule has 2 N–H and O–H groups in total. The van der Waals surface area contributed by atoms with Crippen molar-refractivity contribution >= 4 is 17.8 Å². The number of carbonyl (C=O) groups is 3. The summed E-state index contributed by atoms with van der Waals surface area (Å²) in [7, 11) is 0. The van der Waals surface area contributed by atoms with Crippen LogP contribution in [0.2, 0.25) is 0 Å². The Bertz CT molecular complexity index is 726. The average molecular weight is 344 g/mol. The summed E-state index contributed by atoms with van der Waals surface area (Å²) < 4.78 is 6.61. The molecule has 2 amide bonds. The normalized spacial score (nSPS) is 11.4. The van der Waals surface area contributed by atoms with E-state index in [1.807, 2.05) is 0 Å². The van der Waals surface area contributed by atoms with Gasteiger partial charge in [0.2, 0.25) is 5.91 Å². The summed E-state index contributed by atoms with van der Waals surface area (Å²) >= 11 is 0. The maximum absolute atomic E-state index is 12.0. The third-order valence-electron chi connectivity index (χ3n) is 3.33. The van der Waals surface area contributed by atoms with Crippen LogP contribution in [0.4, 0.5) is 0 Å². The zero-order valence-corrected chi connectivity index (χ0v) is 14.1. The van der Waals surface area contributed by atoms with Crippen LogP contribution < -0.4 is 10.6 Å². The topological polar surface area (TPSA) is 102 Å². The molecule has 0 fully saturated rings. The summed E-state index contributed by atoms with van der Waals surface area (Å²) in [6.07, 6.45) is 3.44. The third-order valence-corrected chi connectivity index (χ3v) is 3.33. The lowest BCUT2D eigenvalue weighted by Gasteiger charge is -2.13. The van der Waals surface area contributed by atoms with E-state index in [-0.39, 0.29) is 5.91 Å². The first-order valence-electron chi connectivity index (χ1n) is 7.85. The van der Waals surface area contributed by atoms with Crippen molar-refractivity contribution < 1.29 is 19.1 Å². The van der Waals surface area contributed by atoms with E-state index in [0.717, 1.165) is 5.69 Å². The van der Waals surface area contributed by atoms with Crippen LogP contribution >= 0.6 is 0 Å². The zero-order chi connectivity index (χ0) is 18.2. The number of rotatable bonds is 7. The van der Waals surface area contributed by atoms with Crippen LogP contribution in [0.3, 0.4) is 0 Å². The van der Waals surface area contributed by atoms with E-state index in [0.29, 0.717) is 12.1 Å². The van der Waals surface area contributed by atoms with Gasteiger partial charge in [-0.05, 0) is 44.2 Å². The maximum Gasteiger partial charge on any atom is 0.338 e. The lowest BCUT2D eigenvalue weighted by Crippen LogP contribution is -2.46. The van der Waals surface area contributed by atoms with Gasteiger partial charge in [-0.15, -0.1) is 0 Å². The number of hydrogen-bond donors (Lipinski definition) is 2. The quantitative estimate of drug-likeness (QED) is 0.719. The molecule has 8 heteroatoms. The summed E-state index contributed by atoms with van der Waals surface area (Å²) in [5, 5.41) is 9.14. The van der Waals surface area contributed by atoms with E-state index in [2.05, 4.69) is 15.7 Å². The first-order chi connectivity index (χ1) is 12.0. The monoisotopic (exact) mass is 344 g/mol. The molecule has 8 nitrogen and oxygen atoms in total. The van der Waals surface area contributed by atoms with Crippen molar-refractivity contribution in [3.05, 3.63) is 48.3 Å². The van der Waals surface area contributed by atoms with Crippen molar-refractivity contribution in [3.63, 3.8) is 0 Å². The van der Waals surface area contributed by atoms with Gasteiger partial charge < -0.3 is 15.4 Å². The van der Waals surface area contributed by atoms with Crippen LogP contribution in [0.25, 0.3) is 5.69 Å². The molecule has 2 aromatic rings. The highest BCUT2D eigenvalue weighted by molar-refractivity contribution is 5.92. The fourth-order valence-corrected chi connectivity index (χ4v) is 2.06. The first kappa shape index (κ1) is 18.2. The van der Waals surface area contributed by atoms with Crippen molar-refractivity contribution in [1.29, 1.82) is 0 Å². The number of benzene rings is 1. The van der Waals surface area contributed by atoms with Gasteiger partial charge >= 0.3 is 5.97 Å². The summed E-state index contributed by atoms with van der Waals surface area (Å²) in [6, 6.07) is 7.73. The lowest BCUT2D eigenvalue weighted by atomic mass is 10.2. The SMILES string of the molecule is CCNC(=O)[C@H](C)NC(=O)COC(=O)c1ccc(-n2cccn2)cc1. The second-order valence-corrected chi connectivity index (χ2v) is 5.26. The van der Waals surface area contributed by atoms with E-state index in [9.17, 15) is 14.4 Å². The summed E-state index contributed by atoms with van der Waals surface area (Å²) in [6.45, 7) is 3.36. The van der Waals surface area contributed by atoms with Crippen molar-refractivity contribution in [2.45, 2.75) is 19.9 Å². The molecule has 0 aliphatic heterocycles. The fraction of sp³-hybridized carbons (Fsp3) is 0.294. The Morgan fingerprint density at radius 2 is 1.96 bits per heavy atom. The number of aromatic nitrogens is 2. The Labute approximate surface area is 145 Å². The second kappa shape index (κ2) is 8.62. The molecule has 0 saturated heterocycles. The minimum Gasteiger partial charge on any atom is -0.452 e. The number of nitrogens with one attached hydrogen (secondary N) is 2. The van der Waals surface area contributed by atoms with E-state index in [4.69, 9.17) is 4.74 Å². The minimum atomic E-state index is -0.695. The summed E-state index contributed by atoms with van der Waals surface area (Å²) in [5.41, 5.74) is 1.12. The number of hydrogen-bond acceptors (Lipinski definition) is 5. The molecular formula is C17H20N4O4. The van der Waals surface area contributed by atoms with Gasteiger partial charge in [0, 0.05) is 18.9 Å². The predicted octanol–water partition coefficient (Wildman–Crippen LogP) is 0.670. The van der Waals surface area contributed by atoms with Gasteiger partial charge in [-0.2, -0.15) is 5.10 Å². The summed E-state index contributed by atoms with van der Waals surface area (Å²) in [5.74, 6) is -1.45. The standard InChI is InChI=1S/C17H20N4O4/c1-3-18-16(23)12(2)20-15(22)11-25-17(24)13-5-7-14(8-6-13)21-10-4-9-19-21/h4-10,12H,3,11H2,1-2H3,(H,18,23)(H,20,22)/t12-/m0/s1. The third kappa shape index (κ3) is 5.17. The van der Waals surface area contributed by atoms with Crippen LogP contribution in [0, 0.1) is 0 Å². The van der Waals surface area contributed by atoms with Crippen molar-refractivity contribution in [2.75, 3.05) is 13.2 Å². The van der Waals surface area contributed by atoms with E-state index in [1.165, 1.54) is 0 Å². The molecule has 132 valence electrons. The van der Waals surface area contributed by atoms with Gasteiger partial charge in [0.1, 0.15) is 6.04 Å². The molecule has 0 spiro atoms. The Balaban J connectivity index is 1.83. The van der Waals surface area contributed by atoms with Crippen LogP contribution in [-0.4, -0.2) is 46.8 Å². The van der Waals surface area contributed by atoms with Gasteiger partial charge in [-0.1, -0.05) is 0 Å². The molecule has 0 radical (unpaired) electrons. The minimum absolute atomic E-state index is 0.295. The number of esters is 1. The lowest BCUT2D eigenvalue weighted by molar-refractivity contribution is -0.130. The van der Waals surface area contributed by atoms with Crippen LogP contribution in [-0.2, 0) is 14.3 Å². The molecule has 0 saturated carbocycles. The van der Waals surface area contributed by atoms with Crippen molar-refractivity contribution in [2.24, 2.45) is 0 Å². The maximum atomic E-state index is 12.0. The first-order valence-corrected chi connectivity index (χ1v) is 7.85. The van der Waals surface area contributed by atoms with Crippen molar-refractivity contribution in [3.8, 4) is 5.69 Å². The van der Waals surface area contributed by atoms with Gasteiger partial charge in [-0.25, -0.2) is 9.48 Å². The molecule has 1 heterocycles. The van der Waals surface area contributed by atoms with Gasteiger partial charge in [0.05, 0.1) is 11.3 Å². The molecule has 0 bridgehead atoms. The highest BCUT2D eigenvalue weighted by Gasteiger charge is 2.16. The number of amides is 2. The number of nitrogens with zero attached hydrogens (tertiary/aromatic N) is 2. The largest absolute Gasteiger partial charge is 0.452 e. The molecular weight excluding hydrogens is 324 g/mol. The Hall–Kier alpha value is -3.16. The van der Waals surface area contributed by atoms with Crippen LogP contribution in [0.1, 0.15) is 24.2 Å². The number of likely N-dealkylation sites (N-methyl/N-ethyl adjacent to an activating group) is 1. The Morgan fingerprint density at radius 1 is 1.24 bits per heavy atom. The number of ether oxygens (including phenoxy) is 1. The second-order valence-electron chi connectivity index (χ2n) is 5.26. The highest BCUT2D eigenvalue weighted by Crippen LogP contribution is 2.09. The van der Waals surface area contributed by atoms with E-state index in [1.54, 1.807) is 61.3 Å². The van der Waals surface area contributed by atoms with E-state index < -0.39 is 24.5 Å². The van der Waals surface area contributed by atoms with Gasteiger partial charge in [0.25, 0.3) is 5.91 Å². The molecule has 0 aliphatic rings. The molecule has 25 heavy (non-hydrogen) atoms. The molecule has 0 aliphatic carbocycles. The molecule has 1 atom stereocenters. The van der Waals surface area contributed by atoms with E-state index >= 15 is 0 Å². The average Bonchev–Trinajstić information content (AvgIpc) is 3.14. The Morgan fingerprint density at radius 3 is 2.56 bits per heavy atom. The van der Waals surface area contributed by atoms with Gasteiger partial charge in [-0.3, -0.25) is 9.59 Å². The summed E-state index contributed by atoms with van der Waals surface area (Å²) in [4.78, 5) is 35.2. The fourth-order valence-electron chi connectivity index (χ4n) is 2.06. The molecule has 1 aromatic heterocycles. The number of carbonyl (C=O) groups excluding carboxylic acids is 3. The Kier molecular flexibility index (Phi) is 6.27. The smallest absolute Gasteiger partial charge is 0.338 e. The molecule has 0 unspecified atom stereocenters. The predicted molar refractivity (Wildman–Crippen MR) is 90.1 cm³/mol. The molecule has 1 aromatic carbocycles. The zero-order valence-electron chi connectivity index (χ0n) is 14.1. The van der Waals surface area contributed by atoms with Gasteiger partial charge in [0.15, 0.2) is 6.61 Å². The van der Waals surface area contributed by atoms with Crippen LogP contribution in [0.5, 0.6) is 0 Å². The van der Waals surface area contributed by atoms with Crippen molar-refractivity contribution in [1.82, 2.24) is 20.4 Å². The molecule has 2 rings (SSSR count). The highest BCUT2D eigenvalue weighted by atomic mass is 16.5. The van der Waals surface area contributed by atoms with Crippen LogP contribution in [0.15, 0.2) is 42.7 Å².